The first kappa shape index (κ1) is 34.7. The summed E-state index contributed by atoms with van der Waals surface area (Å²) in [4.78, 5) is 0. The van der Waals surface area contributed by atoms with Gasteiger partial charge in [0.2, 0.25) is 13.7 Å². The SMILES string of the molecule is C[Si](C)(C)[Si](OS(=O)(=O)C(F)(F)F)([Si](C)(C)C)[Si](OS(=O)(=O)C(F)(F)F)([Si](C)(C)C)[Si](C)(C)C. The maximum atomic E-state index is 13.7. The maximum absolute atomic E-state index is 13.7. The van der Waals surface area contributed by atoms with E-state index in [0.29, 0.717) is 0 Å². The molecule has 20 heteroatoms. The van der Waals surface area contributed by atoms with Crippen molar-refractivity contribution < 1.29 is 50.9 Å². The van der Waals surface area contributed by atoms with Crippen LogP contribution in [-0.4, -0.2) is 72.0 Å². The molecule has 0 aliphatic carbocycles. The van der Waals surface area contributed by atoms with Crippen LogP contribution >= 0.6 is 0 Å². The molecule has 206 valence electrons. The van der Waals surface area contributed by atoms with Gasteiger partial charge in [-0.05, 0) is 0 Å². The largest absolute Gasteiger partial charge is 0.522 e. The summed E-state index contributed by atoms with van der Waals surface area (Å²) in [5, 5.41) is 0. The highest BCUT2D eigenvalue weighted by Crippen LogP contribution is 2.50. The lowest BCUT2D eigenvalue weighted by atomic mass is 11.6. The molecular weight excluding hydrogens is 611 g/mol. The average molecular weight is 647 g/mol. The second-order valence-corrected chi connectivity index (χ2v) is 76.8. The Morgan fingerprint density at radius 1 is 0.441 bits per heavy atom. The summed E-state index contributed by atoms with van der Waals surface area (Å²) in [6.45, 7) is 9.67. The lowest BCUT2D eigenvalue weighted by molar-refractivity contribution is -0.0509. The van der Waals surface area contributed by atoms with E-state index in [2.05, 4.69) is 0 Å². The number of alkyl halides is 6. The Bertz CT molecular complexity index is 862. The molecule has 0 aliphatic heterocycles. The molecule has 0 aliphatic rings. The summed E-state index contributed by atoms with van der Waals surface area (Å²) in [6.07, 6.45) is 0. The topological polar surface area (TPSA) is 86.7 Å². The van der Waals surface area contributed by atoms with Gasteiger partial charge in [-0.2, -0.15) is 43.2 Å². The third-order valence-corrected chi connectivity index (χ3v) is 129. The summed E-state index contributed by atoms with van der Waals surface area (Å²) < 4.78 is 143. The molecule has 34 heavy (non-hydrogen) atoms. The minimum absolute atomic E-state index is 1.56. The van der Waals surface area contributed by atoms with Crippen LogP contribution in [-0.2, 0) is 28.0 Å². The Morgan fingerprint density at radius 3 is 0.676 bits per heavy atom. The van der Waals surface area contributed by atoms with Crippen LogP contribution in [0.3, 0.4) is 0 Å². The molecule has 0 aromatic heterocycles. The van der Waals surface area contributed by atoms with Gasteiger partial charge in [-0.3, -0.25) is 0 Å². The summed E-state index contributed by atoms with van der Waals surface area (Å²) in [7, 11) is -25.7. The highest BCUT2D eigenvalue weighted by atomic mass is 32.2. The molecular formula is C14H36F6O6S2Si6. The quantitative estimate of drug-likeness (QED) is 0.191. The molecule has 0 unspecified atom stereocenters. The van der Waals surface area contributed by atoms with E-state index < -0.39 is 75.4 Å². The Morgan fingerprint density at radius 2 is 0.588 bits per heavy atom. The van der Waals surface area contributed by atoms with E-state index in [4.69, 9.17) is 7.74 Å². The van der Waals surface area contributed by atoms with Crippen LogP contribution in [0, 0.1) is 0 Å². The lowest BCUT2D eigenvalue weighted by Gasteiger charge is -2.64. The summed E-state index contributed by atoms with van der Waals surface area (Å²) in [6, 6.07) is 0. The van der Waals surface area contributed by atoms with Crippen molar-refractivity contribution in [3.63, 3.8) is 0 Å². The molecule has 0 saturated heterocycles. The van der Waals surface area contributed by atoms with Crippen molar-refractivity contribution in [2.45, 2.75) is 89.6 Å². The Kier molecular flexibility index (Phi) is 9.36. The minimum Gasteiger partial charge on any atom is -0.316 e. The smallest absolute Gasteiger partial charge is 0.316 e. The number of rotatable bonds is 9. The Hall–Kier alpha value is 0.701. The van der Waals surface area contributed by atoms with Gasteiger partial charge in [0, 0.05) is 0 Å². The van der Waals surface area contributed by atoms with Crippen LogP contribution < -0.4 is 0 Å². The van der Waals surface area contributed by atoms with Crippen molar-refractivity contribution in [2.75, 3.05) is 0 Å². The number of hydrogen-bond acceptors (Lipinski definition) is 6. The fraction of sp³-hybridized carbons (Fsp3) is 1.00. The lowest BCUT2D eigenvalue weighted by Crippen LogP contribution is -2.99. The Labute approximate surface area is 204 Å². The van der Waals surface area contributed by atoms with Crippen LogP contribution in [0.1, 0.15) is 0 Å². The predicted molar refractivity (Wildman–Crippen MR) is 137 cm³/mol. The zero-order valence-corrected chi connectivity index (χ0v) is 29.2. The van der Waals surface area contributed by atoms with E-state index in [9.17, 15) is 43.2 Å². The number of halogens is 6. The first-order chi connectivity index (χ1) is 14.2. The normalized spacial score (nSPS) is 16.6. The Balaban J connectivity index is 8.46. The maximum Gasteiger partial charge on any atom is 0.522 e. The van der Waals surface area contributed by atoms with Crippen LogP contribution in [0.2, 0.25) is 78.6 Å². The van der Waals surface area contributed by atoms with E-state index in [1.54, 1.807) is 78.6 Å². The van der Waals surface area contributed by atoms with Crippen molar-refractivity contribution >= 4 is 64.3 Å². The highest BCUT2D eigenvalue weighted by molar-refractivity contribution is 8.11. The fourth-order valence-electron chi connectivity index (χ4n) is 5.40. The van der Waals surface area contributed by atoms with E-state index in [1.807, 2.05) is 0 Å². The minimum atomic E-state index is -6.26. The first-order valence-electron chi connectivity index (χ1n) is 10.2. The van der Waals surface area contributed by atoms with Crippen molar-refractivity contribution in [3.05, 3.63) is 0 Å². The fourth-order valence-corrected chi connectivity index (χ4v) is 230. The second-order valence-electron chi connectivity index (χ2n) is 12.3. The molecule has 0 aromatic rings. The van der Waals surface area contributed by atoms with E-state index in [0.717, 1.165) is 0 Å². The van der Waals surface area contributed by atoms with Gasteiger partial charge < -0.3 is 7.74 Å². The van der Waals surface area contributed by atoms with E-state index in [1.165, 1.54) is 0 Å². The molecule has 0 radical (unpaired) electrons. The summed E-state index contributed by atoms with van der Waals surface area (Å²) in [5.74, 6) is 0. The molecule has 0 N–H and O–H groups in total. The standard InChI is InChI=1S/C14H36F6O6S2Si6/c1-29(2,3)33(30(4,5)6,25-27(21,22)13(15,16)17)34(31(7,8)9,32(10,11)12)26-28(23,24)14(18,19)20/h1-12H3. The highest BCUT2D eigenvalue weighted by Gasteiger charge is 2.82. The molecule has 0 heterocycles. The van der Waals surface area contributed by atoms with Gasteiger partial charge in [0.15, 0.2) is 0 Å². The van der Waals surface area contributed by atoms with Gasteiger partial charge >= 0.3 is 31.3 Å². The molecule has 0 aromatic carbocycles. The third-order valence-electron chi connectivity index (χ3n) is 5.76. The van der Waals surface area contributed by atoms with Gasteiger partial charge in [0.25, 0.3) is 0 Å². The second kappa shape index (κ2) is 9.17. The third kappa shape index (κ3) is 5.73. The van der Waals surface area contributed by atoms with Crippen LogP contribution in [0.5, 0.6) is 0 Å². The van der Waals surface area contributed by atoms with Gasteiger partial charge in [-0.15, -0.1) is 0 Å². The summed E-state index contributed by atoms with van der Waals surface area (Å²) >= 11 is 0. The molecule has 0 atom stereocenters. The van der Waals surface area contributed by atoms with Crippen LogP contribution in [0.15, 0.2) is 0 Å². The van der Waals surface area contributed by atoms with E-state index >= 15 is 0 Å². The van der Waals surface area contributed by atoms with Crippen molar-refractivity contribution in [2.24, 2.45) is 0 Å². The average Bonchev–Trinajstić information content (AvgIpc) is 2.43. The van der Waals surface area contributed by atoms with Gasteiger partial charge in [0.1, 0.15) is 0 Å². The molecule has 0 rings (SSSR count). The van der Waals surface area contributed by atoms with Gasteiger partial charge in [0.05, 0.1) is 30.4 Å². The first-order valence-corrected chi connectivity index (χ1v) is 35.8. The van der Waals surface area contributed by atoms with Crippen molar-refractivity contribution in [1.29, 1.82) is 0 Å². The molecule has 0 bridgehead atoms. The monoisotopic (exact) mass is 646 g/mol. The molecule has 0 fully saturated rings. The van der Waals surface area contributed by atoms with Crippen LogP contribution in [0.4, 0.5) is 26.3 Å². The molecule has 0 spiro atoms. The van der Waals surface area contributed by atoms with Crippen molar-refractivity contribution in [3.8, 4) is 0 Å². The molecule has 0 amide bonds. The summed E-state index contributed by atoms with van der Waals surface area (Å²) in [5.41, 5.74) is -11.7. The van der Waals surface area contributed by atoms with Gasteiger partial charge in [-0.1, -0.05) is 78.6 Å². The molecule has 6 nitrogen and oxygen atoms in total. The van der Waals surface area contributed by atoms with E-state index in [-0.39, 0.29) is 0 Å². The predicted octanol–water partition coefficient (Wildman–Crippen LogP) is 5.35. The number of hydrogen-bond donors (Lipinski definition) is 0. The van der Waals surface area contributed by atoms with Gasteiger partial charge in [-0.25, -0.2) is 0 Å². The zero-order chi connectivity index (χ0) is 28.4. The zero-order valence-electron chi connectivity index (χ0n) is 21.5. The van der Waals surface area contributed by atoms with Crippen LogP contribution in [0.25, 0.3) is 0 Å². The van der Waals surface area contributed by atoms with Crippen molar-refractivity contribution in [1.82, 2.24) is 0 Å². The molecule has 0 saturated carbocycles.